The maximum atomic E-state index is 11.4. The highest BCUT2D eigenvalue weighted by molar-refractivity contribution is 5.67. The van der Waals surface area contributed by atoms with Crippen molar-refractivity contribution in [2.24, 2.45) is 0 Å². The molecule has 0 aromatic rings. The summed E-state index contributed by atoms with van der Waals surface area (Å²) in [5.74, 6) is 0. The standard InChI is InChI=1S/C12H25NO2/c1-5-7-9-11(8-6-2)13-12(14)15-10(3)4/h10-11H,5-9H2,1-4H3,(H,13,14). The van der Waals surface area contributed by atoms with Gasteiger partial charge in [-0.15, -0.1) is 0 Å². The quantitative estimate of drug-likeness (QED) is 0.706. The minimum Gasteiger partial charge on any atom is -0.447 e. The van der Waals surface area contributed by atoms with E-state index in [0.717, 1.165) is 25.7 Å². The highest BCUT2D eigenvalue weighted by atomic mass is 16.6. The number of carbonyl (C=O) groups is 1. The molecule has 0 aromatic carbocycles. The molecule has 0 aliphatic heterocycles. The van der Waals surface area contributed by atoms with Crippen molar-refractivity contribution in [2.45, 2.75) is 71.9 Å². The molecule has 0 spiro atoms. The number of unbranched alkanes of at least 4 members (excludes halogenated alkanes) is 1. The van der Waals surface area contributed by atoms with Gasteiger partial charge in [0.1, 0.15) is 0 Å². The van der Waals surface area contributed by atoms with E-state index >= 15 is 0 Å². The van der Waals surface area contributed by atoms with E-state index in [1.807, 2.05) is 13.8 Å². The van der Waals surface area contributed by atoms with E-state index < -0.39 is 0 Å². The predicted molar refractivity (Wildman–Crippen MR) is 63.0 cm³/mol. The lowest BCUT2D eigenvalue weighted by Gasteiger charge is -2.18. The van der Waals surface area contributed by atoms with Crippen molar-refractivity contribution in [1.29, 1.82) is 0 Å². The highest BCUT2D eigenvalue weighted by Crippen LogP contribution is 2.07. The number of nitrogens with one attached hydrogen (secondary N) is 1. The number of hydrogen-bond acceptors (Lipinski definition) is 2. The third kappa shape index (κ3) is 8.28. The van der Waals surface area contributed by atoms with Gasteiger partial charge in [-0.2, -0.15) is 0 Å². The fourth-order valence-electron chi connectivity index (χ4n) is 1.50. The molecule has 1 amide bonds. The second kappa shape index (κ2) is 8.57. The van der Waals surface area contributed by atoms with Crippen LogP contribution in [0.4, 0.5) is 4.79 Å². The van der Waals surface area contributed by atoms with Crippen molar-refractivity contribution in [3.63, 3.8) is 0 Å². The molecule has 0 aliphatic carbocycles. The van der Waals surface area contributed by atoms with Crippen LogP contribution in [0.5, 0.6) is 0 Å². The molecule has 0 bridgehead atoms. The van der Waals surface area contributed by atoms with Crippen LogP contribution in [0.1, 0.15) is 59.8 Å². The number of rotatable bonds is 7. The molecule has 15 heavy (non-hydrogen) atoms. The Hall–Kier alpha value is -0.730. The first-order valence-electron chi connectivity index (χ1n) is 6.07. The zero-order valence-electron chi connectivity index (χ0n) is 10.5. The number of carbonyl (C=O) groups excluding carboxylic acids is 1. The molecule has 1 unspecified atom stereocenters. The van der Waals surface area contributed by atoms with Crippen LogP contribution in [-0.2, 0) is 4.74 Å². The normalized spacial score (nSPS) is 12.6. The van der Waals surface area contributed by atoms with Crippen LogP contribution in [0, 0.1) is 0 Å². The molecule has 0 saturated carbocycles. The smallest absolute Gasteiger partial charge is 0.407 e. The van der Waals surface area contributed by atoms with Gasteiger partial charge in [-0.1, -0.05) is 33.1 Å². The van der Waals surface area contributed by atoms with Gasteiger partial charge in [0.2, 0.25) is 0 Å². The second-order valence-corrected chi connectivity index (χ2v) is 4.23. The molecule has 3 nitrogen and oxygen atoms in total. The lowest BCUT2D eigenvalue weighted by atomic mass is 10.1. The summed E-state index contributed by atoms with van der Waals surface area (Å²) in [6.45, 7) is 8.02. The van der Waals surface area contributed by atoms with Gasteiger partial charge in [0.15, 0.2) is 0 Å². The van der Waals surface area contributed by atoms with Crippen molar-refractivity contribution in [1.82, 2.24) is 5.32 Å². The fraction of sp³-hybridized carbons (Fsp3) is 0.917. The van der Waals surface area contributed by atoms with Crippen LogP contribution in [0.15, 0.2) is 0 Å². The molecule has 3 heteroatoms. The van der Waals surface area contributed by atoms with Gasteiger partial charge in [-0.3, -0.25) is 0 Å². The van der Waals surface area contributed by atoms with Crippen LogP contribution >= 0.6 is 0 Å². The first-order valence-corrected chi connectivity index (χ1v) is 6.07. The lowest BCUT2D eigenvalue weighted by Crippen LogP contribution is -2.36. The molecule has 0 heterocycles. The number of ether oxygens (including phenoxy) is 1. The number of amides is 1. The Morgan fingerprint density at radius 2 is 1.87 bits per heavy atom. The van der Waals surface area contributed by atoms with Crippen LogP contribution in [-0.4, -0.2) is 18.2 Å². The van der Waals surface area contributed by atoms with Crippen LogP contribution in [0.2, 0.25) is 0 Å². The summed E-state index contributed by atoms with van der Waals surface area (Å²) < 4.78 is 5.06. The predicted octanol–water partition coefficient (Wildman–Crippen LogP) is 3.48. The van der Waals surface area contributed by atoms with Crippen molar-refractivity contribution in [2.75, 3.05) is 0 Å². The number of alkyl carbamates (subject to hydrolysis) is 1. The maximum Gasteiger partial charge on any atom is 0.407 e. The first-order chi connectivity index (χ1) is 7.10. The van der Waals surface area contributed by atoms with E-state index in [9.17, 15) is 4.79 Å². The summed E-state index contributed by atoms with van der Waals surface area (Å²) >= 11 is 0. The second-order valence-electron chi connectivity index (χ2n) is 4.23. The lowest BCUT2D eigenvalue weighted by molar-refractivity contribution is 0.111. The molecule has 0 aliphatic rings. The first kappa shape index (κ1) is 14.3. The largest absolute Gasteiger partial charge is 0.447 e. The van der Waals surface area contributed by atoms with Gasteiger partial charge >= 0.3 is 6.09 Å². The molecule has 0 saturated heterocycles. The SMILES string of the molecule is CCCCC(CCC)NC(=O)OC(C)C. The minimum atomic E-state index is -0.278. The molecule has 0 aromatic heterocycles. The molecular formula is C12H25NO2. The Labute approximate surface area is 93.6 Å². The third-order valence-electron chi connectivity index (χ3n) is 2.21. The fourth-order valence-corrected chi connectivity index (χ4v) is 1.50. The molecule has 0 rings (SSSR count). The number of hydrogen-bond donors (Lipinski definition) is 1. The Morgan fingerprint density at radius 3 is 2.33 bits per heavy atom. The molecule has 0 fully saturated rings. The van der Waals surface area contributed by atoms with Crippen molar-refractivity contribution < 1.29 is 9.53 Å². The Balaban J connectivity index is 3.86. The van der Waals surface area contributed by atoms with E-state index in [4.69, 9.17) is 4.74 Å². The summed E-state index contributed by atoms with van der Waals surface area (Å²) in [4.78, 5) is 11.4. The van der Waals surface area contributed by atoms with Crippen LogP contribution in [0.25, 0.3) is 0 Å². The highest BCUT2D eigenvalue weighted by Gasteiger charge is 2.12. The average molecular weight is 215 g/mol. The monoisotopic (exact) mass is 215 g/mol. The van der Waals surface area contributed by atoms with Gasteiger partial charge in [-0.25, -0.2) is 4.79 Å². The molecule has 1 N–H and O–H groups in total. The zero-order valence-corrected chi connectivity index (χ0v) is 10.5. The molecular weight excluding hydrogens is 190 g/mol. The molecule has 0 radical (unpaired) electrons. The summed E-state index contributed by atoms with van der Waals surface area (Å²) in [6, 6.07) is 0.279. The van der Waals surface area contributed by atoms with E-state index in [1.165, 1.54) is 6.42 Å². The summed E-state index contributed by atoms with van der Waals surface area (Å²) in [7, 11) is 0. The molecule has 90 valence electrons. The molecule has 1 atom stereocenters. The van der Waals surface area contributed by atoms with Gasteiger partial charge < -0.3 is 10.1 Å². The van der Waals surface area contributed by atoms with Gasteiger partial charge in [0.05, 0.1) is 6.10 Å². The topological polar surface area (TPSA) is 38.3 Å². The van der Waals surface area contributed by atoms with Gasteiger partial charge in [-0.05, 0) is 26.7 Å². The minimum absolute atomic E-state index is 0.0431. The van der Waals surface area contributed by atoms with Crippen molar-refractivity contribution >= 4 is 6.09 Å². The Morgan fingerprint density at radius 1 is 1.20 bits per heavy atom. The van der Waals surface area contributed by atoms with Crippen LogP contribution in [0.3, 0.4) is 0 Å². The van der Waals surface area contributed by atoms with E-state index in [2.05, 4.69) is 19.2 Å². The zero-order chi connectivity index (χ0) is 11.7. The van der Waals surface area contributed by atoms with Gasteiger partial charge in [0.25, 0.3) is 0 Å². The van der Waals surface area contributed by atoms with Crippen molar-refractivity contribution in [3.8, 4) is 0 Å². The summed E-state index contributed by atoms with van der Waals surface area (Å²) in [5, 5.41) is 2.92. The summed E-state index contributed by atoms with van der Waals surface area (Å²) in [5.41, 5.74) is 0. The maximum absolute atomic E-state index is 11.4. The van der Waals surface area contributed by atoms with Crippen molar-refractivity contribution in [3.05, 3.63) is 0 Å². The van der Waals surface area contributed by atoms with Gasteiger partial charge in [0, 0.05) is 6.04 Å². The average Bonchev–Trinajstić information content (AvgIpc) is 2.13. The van der Waals surface area contributed by atoms with E-state index in [1.54, 1.807) is 0 Å². The van der Waals surface area contributed by atoms with E-state index in [-0.39, 0.29) is 18.2 Å². The third-order valence-corrected chi connectivity index (χ3v) is 2.21. The van der Waals surface area contributed by atoms with E-state index in [0.29, 0.717) is 0 Å². The Bertz CT molecular complexity index is 169. The summed E-state index contributed by atoms with van der Waals surface area (Å²) in [6.07, 6.45) is 5.19. The van der Waals surface area contributed by atoms with Crippen LogP contribution < -0.4 is 5.32 Å². The Kier molecular flexibility index (Phi) is 8.15.